The van der Waals surface area contributed by atoms with Gasteiger partial charge < -0.3 is 15.8 Å². The average molecular weight is 277 g/mol. The standard InChI is InChI=1S/C9H15N3O5S/c1-2-17-9(14)12-4-3-11-6(5-7(10)13)8(12)18(15)16/h6,11H,2-5H2,1H3,(H2,10,13)/t6-/m1/s1. The van der Waals surface area contributed by atoms with Crippen molar-refractivity contribution >= 4 is 27.3 Å². The van der Waals surface area contributed by atoms with E-state index in [1.807, 2.05) is 0 Å². The van der Waals surface area contributed by atoms with Gasteiger partial charge in [-0.25, -0.2) is 4.79 Å². The summed E-state index contributed by atoms with van der Waals surface area (Å²) in [4.78, 5) is 23.3. The fourth-order valence-electron chi connectivity index (χ4n) is 1.69. The van der Waals surface area contributed by atoms with Gasteiger partial charge >= 0.3 is 6.09 Å². The molecule has 0 aromatic rings. The number of carbonyl (C=O) groups is 2. The van der Waals surface area contributed by atoms with Crippen LogP contribution in [-0.2, 0) is 19.8 Å². The van der Waals surface area contributed by atoms with Gasteiger partial charge in [0.05, 0.1) is 12.6 Å². The van der Waals surface area contributed by atoms with E-state index in [9.17, 15) is 18.0 Å². The Morgan fingerprint density at radius 2 is 2.22 bits per heavy atom. The molecule has 1 atom stereocenters. The zero-order valence-corrected chi connectivity index (χ0v) is 10.7. The van der Waals surface area contributed by atoms with E-state index in [1.165, 1.54) is 0 Å². The number of nitrogens with zero attached hydrogens (tertiary/aromatic N) is 1. The number of ether oxygens (including phenoxy) is 1. The summed E-state index contributed by atoms with van der Waals surface area (Å²) in [5.41, 5.74) is 5.04. The summed E-state index contributed by atoms with van der Waals surface area (Å²) in [5, 5.41) is 2.83. The highest BCUT2D eigenvalue weighted by molar-refractivity contribution is 7.73. The van der Waals surface area contributed by atoms with Crippen LogP contribution in [0.3, 0.4) is 0 Å². The van der Waals surface area contributed by atoms with E-state index >= 15 is 0 Å². The Labute approximate surface area is 106 Å². The molecule has 9 heteroatoms. The van der Waals surface area contributed by atoms with Crippen molar-refractivity contribution in [1.82, 2.24) is 10.2 Å². The SMILES string of the molecule is CCOC(=O)N1CCN[C@H](CC(N)=O)C1=S(=O)=O. The molecule has 102 valence electrons. The normalized spacial score (nSPS) is 19.5. The van der Waals surface area contributed by atoms with Crippen molar-refractivity contribution < 1.29 is 22.7 Å². The molecule has 3 N–H and O–H groups in total. The number of primary amides is 1. The van der Waals surface area contributed by atoms with Crippen molar-refractivity contribution in [2.24, 2.45) is 5.73 Å². The third-order valence-electron chi connectivity index (χ3n) is 2.35. The van der Waals surface area contributed by atoms with E-state index in [4.69, 9.17) is 10.5 Å². The lowest BCUT2D eigenvalue weighted by molar-refractivity contribution is -0.118. The topological polar surface area (TPSA) is 119 Å². The molecule has 0 aliphatic carbocycles. The summed E-state index contributed by atoms with van der Waals surface area (Å²) in [6, 6.07) is -0.793. The molecule has 0 unspecified atom stereocenters. The molecule has 0 aromatic carbocycles. The molecule has 18 heavy (non-hydrogen) atoms. The second-order valence-corrected chi connectivity index (χ2v) is 4.49. The maximum Gasteiger partial charge on any atom is 0.414 e. The lowest BCUT2D eigenvalue weighted by Gasteiger charge is -2.32. The van der Waals surface area contributed by atoms with Crippen LogP contribution in [0.15, 0.2) is 0 Å². The van der Waals surface area contributed by atoms with E-state index in [0.29, 0.717) is 6.54 Å². The Morgan fingerprint density at radius 3 is 2.72 bits per heavy atom. The Morgan fingerprint density at radius 1 is 1.56 bits per heavy atom. The van der Waals surface area contributed by atoms with Crippen LogP contribution >= 0.6 is 0 Å². The van der Waals surface area contributed by atoms with E-state index in [2.05, 4.69) is 5.32 Å². The maximum absolute atomic E-state index is 11.6. The first kappa shape index (κ1) is 14.5. The van der Waals surface area contributed by atoms with Gasteiger partial charge in [0.25, 0.3) is 0 Å². The summed E-state index contributed by atoms with van der Waals surface area (Å²) in [6.07, 6.45) is -0.938. The molecule has 1 rings (SSSR count). The van der Waals surface area contributed by atoms with Crippen LogP contribution in [0.25, 0.3) is 0 Å². The molecular formula is C9H15N3O5S. The molecule has 1 saturated heterocycles. The van der Waals surface area contributed by atoms with Gasteiger partial charge in [0.1, 0.15) is 0 Å². The lowest BCUT2D eigenvalue weighted by atomic mass is 10.1. The van der Waals surface area contributed by atoms with Gasteiger partial charge in [0, 0.05) is 19.5 Å². The molecule has 8 nitrogen and oxygen atoms in total. The predicted octanol–water partition coefficient (Wildman–Crippen LogP) is -1.70. The quantitative estimate of drug-likeness (QED) is 0.594. The summed E-state index contributed by atoms with van der Waals surface area (Å²) in [6.45, 7) is 2.28. The Hall–Kier alpha value is -1.61. The van der Waals surface area contributed by atoms with Crippen LogP contribution in [0.4, 0.5) is 4.79 Å². The van der Waals surface area contributed by atoms with Gasteiger partial charge in [0.15, 0.2) is 4.99 Å². The van der Waals surface area contributed by atoms with Gasteiger partial charge in [-0.2, -0.15) is 8.42 Å². The number of carbonyl (C=O) groups excluding carboxylic acids is 2. The molecule has 1 heterocycles. The second kappa shape index (κ2) is 6.36. The molecule has 0 radical (unpaired) electrons. The number of nitrogens with one attached hydrogen (secondary N) is 1. The molecule has 1 aliphatic rings. The number of amides is 2. The number of piperazine rings is 1. The fourth-order valence-corrected chi connectivity index (χ4v) is 2.43. The number of rotatable bonds is 3. The van der Waals surface area contributed by atoms with E-state index in [1.54, 1.807) is 6.92 Å². The monoisotopic (exact) mass is 277 g/mol. The van der Waals surface area contributed by atoms with Gasteiger partial charge in [-0.3, -0.25) is 9.69 Å². The number of hydrogen-bond acceptors (Lipinski definition) is 6. The van der Waals surface area contributed by atoms with Crippen LogP contribution < -0.4 is 11.1 Å². The Kier molecular flexibility index (Phi) is 5.10. The molecule has 1 fully saturated rings. The van der Waals surface area contributed by atoms with Crippen molar-refractivity contribution in [3.05, 3.63) is 0 Å². The van der Waals surface area contributed by atoms with Crippen LogP contribution in [0.1, 0.15) is 13.3 Å². The first-order chi connectivity index (χ1) is 8.47. The Bertz CT molecular complexity index is 465. The minimum atomic E-state index is -2.63. The largest absolute Gasteiger partial charge is 0.449 e. The van der Waals surface area contributed by atoms with Crippen molar-refractivity contribution in [2.45, 2.75) is 19.4 Å². The van der Waals surface area contributed by atoms with Crippen molar-refractivity contribution in [1.29, 1.82) is 0 Å². The highest BCUT2D eigenvalue weighted by Crippen LogP contribution is 2.07. The first-order valence-electron chi connectivity index (χ1n) is 5.39. The van der Waals surface area contributed by atoms with Crippen LogP contribution in [0, 0.1) is 0 Å². The van der Waals surface area contributed by atoms with E-state index < -0.39 is 28.3 Å². The fraction of sp³-hybridized carbons (Fsp3) is 0.667. The van der Waals surface area contributed by atoms with Gasteiger partial charge in [0.2, 0.25) is 16.2 Å². The van der Waals surface area contributed by atoms with Crippen LogP contribution in [-0.4, -0.2) is 56.0 Å². The third kappa shape index (κ3) is 3.44. The van der Waals surface area contributed by atoms with Gasteiger partial charge in [-0.05, 0) is 6.92 Å². The van der Waals surface area contributed by atoms with Crippen molar-refractivity contribution in [3.8, 4) is 0 Å². The predicted molar refractivity (Wildman–Crippen MR) is 63.3 cm³/mol. The molecule has 2 amide bonds. The molecule has 0 aromatic heterocycles. The molecule has 1 aliphatic heterocycles. The highest BCUT2D eigenvalue weighted by atomic mass is 32.2. The number of hydrogen-bond donors (Lipinski definition) is 2. The molecule has 0 bridgehead atoms. The lowest BCUT2D eigenvalue weighted by Crippen LogP contribution is -2.58. The summed E-state index contributed by atoms with van der Waals surface area (Å²) >= 11 is 0. The third-order valence-corrected chi connectivity index (χ3v) is 3.20. The summed E-state index contributed by atoms with van der Waals surface area (Å²) < 4.78 is 27.1. The smallest absolute Gasteiger partial charge is 0.414 e. The highest BCUT2D eigenvalue weighted by Gasteiger charge is 2.33. The summed E-state index contributed by atoms with van der Waals surface area (Å²) in [5.74, 6) is -0.652. The number of nitrogens with two attached hydrogens (primary N) is 1. The second-order valence-electron chi connectivity index (χ2n) is 3.60. The van der Waals surface area contributed by atoms with Gasteiger partial charge in [-0.15, -0.1) is 0 Å². The average Bonchev–Trinajstić information content (AvgIpc) is 2.27. The Balaban J connectivity index is 3.02. The first-order valence-corrected chi connectivity index (χ1v) is 6.47. The zero-order chi connectivity index (χ0) is 13.7. The molecule has 0 saturated carbocycles. The molecular weight excluding hydrogens is 262 g/mol. The van der Waals surface area contributed by atoms with Crippen molar-refractivity contribution in [2.75, 3.05) is 19.7 Å². The van der Waals surface area contributed by atoms with Crippen molar-refractivity contribution in [3.63, 3.8) is 0 Å². The maximum atomic E-state index is 11.6. The zero-order valence-electron chi connectivity index (χ0n) is 9.88. The molecule has 0 spiro atoms. The summed E-state index contributed by atoms with van der Waals surface area (Å²) in [7, 11) is -2.63. The minimum Gasteiger partial charge on any atom is -0.449 e. The van der Waals surface area contributed by atoms with Crippen LogP contribution in [0.2, 0.25) is 0 Å². The van der Waals surface area contributed by atoms with Gasteiger partial charge in [-0.1, -0.05) is 0 Å². The van der Waals surface area contributed by atoms with Crippen LogP contribution in [0.5, 0.6) is 0 Å². The van der Waals surface area contributed by atoms with E-state index in [0.717, 1.165) is 4.90 Å². The van der Waals surface area contributed by atoms with E-state index in [-0.39, 0.29) is 24.6 Å². The minimum absolute atomic E-state index is 0.141.